The first kappa shape index (κ1) is 12.4. The normalized spacial score (nSPS) is 16.9. The molecule has 1 aliphatic rings. The first-order valence-corrected chi connectivity index (χ1v) is 6.85. The molecule has 1 aliphatic heterocycles. The van der Waals surface area contributed by atoms with Gasteiger partial charge in [0.15, 0.2) is 0 Å². The van der Waals surface area contributed by atoms with Gasteiger partial charge in [-0.3, -0.25) is 4.68 Å². The molecule has 0 amide bonds. The standard InChI is InChI=1S/C14H19N3O2/c1-3-19-14-12-9-15-17(11-4-6-18-7-5-11)13(12)8-10(2)16-14/h8-9,11H,3-7H2,1-2H3. The van der Waals surface area contributed by atoms with Gasteiger partial charge in [-0.1, -0.05) is 0 Å². The first-order chi connectivity index (χ1) is 9.29. The lowest BCUT2D eigenvalue weighted by atomic mass is 10.1. The lowest BCUT2D eigenvalue weighted by Crippen LogP contribution is -2.20. The van der Waals surface area contributed by atoms with Crippen LogP contribution in [-0.2, 0) is 4.74 Å². The second kappa shape index (κ2) is 5.17. The van der Waals surface area contributed by atoms with Crippen LogP contribution < -0.4 is 4.74 Å². The smallest absolute Gasteiger partial charge is 0.224 e. The zero-order chi connectivity index (χ0) is 13.2. The summed E-state index contributed by atoms with van der Waals surface area (Å²) in [6.45, 7) is 6.21. The predicted molar refractivity (Wildman–Crippen MR) is 72.5 cm³/mol. The zero-order valence-electron chi connectivity index (χ0n) is 11.4. The van der Waals surface area contributed by atoms with Gasteiger partial charge < -0.3 is 9.47 Å². The van der Waals surface area contributed by atoms with Crippen LogP contribution in [0.1, 0.15) is 31.5 Å². The van der Waals surface area contributed by atoms with Gasteiger partial charge in [-0.2, -0.15) is 5.10 Å². The van der Waals surface area contributed by atoms with Crippen molar-refractivity contribution in [1.82, 2.24) is 14.8 Å². The topological polar surface area (TPSA) is 49.2 Å². The molecule has 5 heteroatoms. The third-order valence-corrected chi connectivity index (χ3v) is 3.51. The largest absolute Gasteiger partial charge is 0.477 e. The lowest BCUT2D eigenvalue weighted by molar-refractivity contribution is 0.0675. The molecular formula is C14H19N3O2. The highest BCUT2D eigenvalue weighted by Gasteiger charge is 2.20. The summed E-state index contributed by atoms with van der Waals surface area (Å²) >= 11 is 0. The minimum atomic E-state index is 0.419. The Morgan fingerprint density at radius 3 is 2.95 bits per heavy atom. The fraction of sp³-hybridized carbons (Fsp3) is 0.571. The maximum atomic E-state index is 5.61. The van der Waals surface area contributed by atoms with Crippen LogP contribution in [0.5, 0.6) is 5.88 Å². The molecule has 0 aromatic carbocycles. The molecule has 0 unspecified atom stereocenters. The molecule has 0 atom stereocenters. The number of aromatic nitrogens is 3. The van der Waals surface area contributed by atoms with Gasteiger partial charge in [0.25, 0.3) is 0 Å². The molecule has 0 aliphatic carbocycles. The van der Waals surface area contributed by atoms with E-state index >= 15 is 0 Å². The molecule has 2 aromatic heterocycles. The van der Waals surface area contributed by atoms with Crippen LogP contribution in [0.4, 0.5) is 0 Å². The van der Waals surface area contributed by atoms with Gasteiger partial charge in [0, 0.05) is 18.9 Å². The minimum absolute atomic E-state index is 0.419. The number of aryl methyl sites for hydroxylation is 1. The van der Waals surface area contributed by atoms with Crippen molar-refractivity contribution in [3.63, 3.8) is 0 Å². The van der Waals surface area contributed by atoms with Gasteiger partial charge in [0.05, 0.1) is 29.7 Å². The monoisotopic (exact) mass is 261 g/mol. The number of hydrogen-bond donors (Lipinski definition) is 0. The summed E-state index contributed by atoms with van der Waals surface area (Å²) in [7, 11) is 0. The number of hydrogen-bond acceptors (Lipinski definition) is 4. The summed E-state index contributed by atoms with van der Waals surface area (Å²) in [5, 5.41) is 5.54. The van der Waals surface area contributed by atoms with Crippen molar-refractivity contribution >= 4 is 10.9 Å². The Morgan fingerprint density at radius 2 is 2.21 bits per heavy atom. The second-order valence-electron chi connectivity index (χ2n) is 4.87. The molecule has 19 heavy (non-hydrogen) atoms. The van der Waals surface area contributed by atoms with Crippen LogP contribution in [0, 0.1) is 6.92 Å². The van der Waals surface area contributed by atoms with Gasteiger partial charge in [0.1, 0.15) is 0 Å². The molecule has 0 bridgehead atoms. The maximum absolute atomic E-state index is 5.61. The zero-order valence-corrected chi connectivity index (χ0v) is 11.4. The number of fused-ring (bicyclic) bond motifs is 1. The van der Waals surface area contributed by atoms with E-state index in [0.29, 0.717) is 18.5 Å². The second-order valence-corrected chi connectivity index (χ2v) is 4.87. The number of rotatable bonds is 3. The molecule has 1 fully saturated rings. The van der Waals surface area contributed by atoms with Crippen molar-refractivity contribution in [3.8, 4) is 5.88 Å². The quantitative estimate of drug-likeness (QED) is 0.851. The van der Waals surface area contributed by atoms with Crippen molar-refractivity contribution in [3.05, 3.63) is 18.0 Å². The molecular weight excluding hydrogens is 242 g/mol. The van der Waals surface area contributed by atoms with E-state index in [1.807, 2.05) is 20.0 Å². The Hall–Kier alpha value is -1.62. The summed E-state index contributed by atoms with van der Waals surface area (Å²) in [5.74, 6) is 0.691. The summed E-state index contributed by atoms with van der Waals surface area (Å²) in [6.07, 6.45) is 3.90. The summed E-state index contributed by atoms with van der Waals surface area (Å²) < 4.78 is 13.1. The first-order valence-electron chi connectivity index (χ1n) is 6.85. The van der Waals surface area contributed by atoms with Gasteiger partial charge >= 0.3 is 0 Å². The van der Waals surface area contributed by atoms with Crippen LogP contribution in [0.15, 0.2) is 12.3 Å². The lowest BCUT2D eigenvalue weighted by Gasteiger charge is -2.23. The predicted octanol–water partition coefficient (Wildman–Crippen LogP) is 2.49. The highest BCUT2D eigenvalue weighted by atomic mass is 16.5. The van der Waals surface area contributed by atoms with E-state index < -0.39 is 0 Å². The molecule has 0 saturated carbocycles. The van der Waals surface area contributed by atoms with Crippen molar-refractivity contribution in [2.45, 2.75) is 32.7 Å². The Balaban J connectivity index is 2.06. The van der Waals surface area contributed by atoms with E-state index in [1.165, 1.54) is 0 Å². The van der Waals surface area contributed by atoms with Gasteiger partial charge in [-0.15, -0.1) is 0 Å². The maximum Gasteiger partial charge on any atom is 0.224 e. The molecule has 5 nitrogen and oxygen atoms in total. The molecule has 102 valence electrons. The van der Waals surface area contributed by atoms with Crippen LogP contribution in [0.2, 0.25) is 0 Å². The van der Waals surface area contributed by atoms with Crippen LogP contribution in [0.25, 0.3) is 10.9 Å². The van der Waals surface area contributed by atoms with Crippen molar-refractivity contribution < 1.29 is 9.47 Å². The van der Waals surface area contributed by atoms with Crippen LogP contribution in [-0.4, -0.2) is 34.6 Å². The number of ether oxygens (including phenoxy) is 2. The molecule has 3 heterocycles. The Labute approximate surface area is 112 Å². The third-order valence-electron chi connectivity index (χ3n) is 3.51. The SMILES string of the molecule is CCOc1nc(C)cc2c1cnn2C1CCOCC1. The van der Waals surface area contributed by atoms with E-state index in [4.69, 9.17) is 9.47 Å². The Morgan fingerprint density at radius 1 is 1.42 bits per heavy atom. The molecule has 2 aromatic rings. The van der Waals surface area contributed by atoms with Gasteiger partial charge in [-0.05, 0) is 32.8 Å². The minimum Gasteiger partial charge on any atom is -0.477 e. The fourth-order valence-corrected chi connectivity index (χ4v) is 2.60. The summed E-state index contributed by atoms with van der Waals surface area (Å²) in [5.41, 5.74) is 2.08. The number of nitrogens with zero attached hydrogens (tertiary/aromatic N) is 3. The fourth-order valence-electron chi connectivity index (χ4n) is 2.60. The Kier molecular flexibility index (Phi) is 3.38. The van der Waals surface area contributed by atoms with E-state index in [9.17, 15) is 0 Å². The van der Waals surface area contributed by atoms with Crippen molar-refractivity contribution in [2.75, 3.05) is 19.8 Å². The van der Waals surface area contributed by atoms with E-state index in [1.54, 1.807) is 0 Å². The third kappa shape index (κ3) is 2.30. The highest BCUT2D eigenvalue weighted by Crippen LogP contribution is 2.29. The van der Waals surface area contributed by atoms with Crippen LogP contribution in [0.3, 0.4) is 0 Å². The van der Waals surface area contributed by atoms with E-state index in [-0.39, 0.29) is 0 Å². The van der Waals surface area contributed by atoms with Crippen LogP contribution >= 0.6 is 0 Å². The molecule has 0 radical (unpaired) electrons. The van der Waals surface area contributed by atoms with Gasteiger partial charge in [0.2, 0.25) is 5.88 Å². The molecule has 0 N–H and O–H groups in total. The highest BCUT2D eigenvalue weighted by molar-refractivity contribution is 5.84. The molecule has 0 spiro atoms. The van der Waals surface area contributed by atoms with E-state index in [2.05, 4.69) is 20.8 Å². The van der Waals surface area contributed by atoms with Gasteiger partial charge in [-0.25, -0.2) is 4.98 Å². The van der Waals surface area contributed by atoms with Crippen molar-refractivity contribution in [2.24, 2.45) is 0 Å². The average molecular weight is 261 g/mol. The average Bonchev–Trinajstić information content (AvgIpc) is 2.84. The number of pyridine rings is 1. The van der Waals surface area contributed by atoms with E-state index in [0.717, 1.165) is 42.7 Å². The molecule has 1 saturated heterocycles. The molecule has 3 rings (SSSR count). The van der Waals surface area contributed by atoms with Crippen molar-refractivity contribution in [1.29, 1.82) is 0 Å². The summed E-state index contributed by atoms with van der Waals surface area (Å²) in [6, 6.07) is 2.50. The Bertz CT molecular complexity index is 573. The summed E-state index contributed by atoms with van der Waals surface area (Å²) in [4.78, 5) is 4.45.